The van der Waals surface area contributed by atoms with E-state index in [2.05, 4.69) is 35.2 Å². The molecule has 0 aliphatic rings. The number of halogens is 1. The molecule has 0 atom stereocenters. The lowest BCUT2D eigenvalue weighted by Crippen LogP contribution is -2.10. The lowest BCUT2D eigenvalue weighted by Gasteiger charge is -2.14. The number of anilines is 1. The van der Waals surface area contributed by atoms with Crippen LogP contribution in [0.15, 0.2) is 30.6 Å². The van der Waals surface area contributed by atoms with Gasteiger partial charge in [-0.3, -0.25) is 0 Å². The summed E-state index contributed by atoms with van der Waals surface area (Å²) in [6.45, 7) is 7.68. The van der Waals surface area contributed by atoms with Gasteiger partial charge in [0.2, 0.25) is 0 Å². The van der Waals surface area contributed by atoms with Gasteiger partial charge >= 0.3 is 0 Å². The van der Waals surface area contributed by atoms with Crippen molar-refractivity contribution in [3.63, 3.8) is 0 Å². The molecule has 1 aromatic heterocycles. The van der Waals surface area contributed by atoms with Crippen molar-refractivity contribution in [3.8, 4) is 5.75 Å². The van der Waals surface area contributed by atoms with E-state index in [9.17, 15) is 0 Å². The Hall–Kier alpha value is -1.81. The predicted molar refractivity (Wildman–Crippen MR) is 90.9 cm³/mol. The van der Waals surface area contributed by atoms with Crippen LogP contribution in [0.1, 0.15) is 37.3 Å². The maximum absolute atomic E-state index is 5.97. The Labute approximate surface area is 136 Å². The molecule has 22 heavy (non-hydrogen) atoms. The molecular formula is C17H22ClN3O. The van der Waals surface area contributed by atoms with E-state index in [4.69, 9.17) is 16.3 Å². The maximum Gasteiger partial charge on any atom is 0.137 e. The van der Waals surface area contributed by atoms with E-state index in [1.165, 1.54) is 11.9 Å². The number of nitrogens with zero attached hydrogens (tertiary/aromatic N) is 2. The van der Waals surface area contributed by atoms with Crippen LogP contribution in [-0.2, 0) is 0 Å². The first-order valence-corrected chi connectivity index (χ1v) is 7.90. The van der Waals surface area contributed by atoms with E-state index in [0.29, 0.717) is 17.7 Å². The van der Waals surface area contributed by atoms with Crippen LogP contribution < -0.4 is 10.1 Å². The van der Waals surface area contributed by atoms with E-state index >= 15 is 0 Å². The van der Waals surface area contributed by atoms with Crippen LogP contribution in [0.4, 0.5) is 5.82 Å². The molecule has 0 aliphatic carbocycles. The van der Waals surface area contributed by atoms with Crippen molar-refractivity contribution in [1.82, 2.24) is 9.97 Å². The monoisotopic (exact) mass is 319 g/mol. The quantitative estimate of drug-likeness (QED) is 0.605. The first-order valence-electron chi connectivity index (χ1n) is 7.52. The zero-order valence-corrected chi connectivity index (χ0v) is 14.0. The highest BCUT2D eigenvalue weighted by atomic mass is 35.5. The lowest BCUT2D eigenvalue weighted by molar-refractivity contribution is 0.310. The molecular weight excluding hydrogens is 298 g/mol. The third-order valence-corrected chi connectivity index (χ3v) is 3.82. The lowest BCUT2D eigenvalue weighted by atomic mass is 10.0. The topological polar surface area (TPSA) is 47.0 Å². The number of aromatic nitrogens is 2. The number of rotatable bonds is 7. The molecule has 2 rings (SSSR count). The van der Waals surface area contributed by atoms with E-state index in [-0.39, 0.29) is 0 Å². The summed E-state index contributed by atoms with van der Waals surface area (Å²) < 4.78 is 5.89. The van der Waals surface area contributed by atoms with Crippen LogP contribution >= 0.6 is 11.6 Å². The van der Waals surface area contributed by atoms with Gasteiger partial charge < -0.3 is 10.1 Å². The van der Waals surface area contributed by atoms with Gasteiger partial charge in [0.25, 0.3) is 0 Å². The highest BCUT2D eigenvalue weighted by Crippen LogP contribution is 2.25. The van der Waals surface area contributed by atoms with Crippen molar-refractivity contribution in [2.24, 2.45) is 0 Å². The normalized spacial score (nSPS) is 10.8. The molecule has 0 saturated heterocycles. The highest BCUT2D eigenvalue weighted by Gasteiger charge is 2.07. The second kappa shape index (κ2) is 7.99. The summed E-state index contributed by atoms with van der Waals surface area (Å²) in [5.74, 6) is 2.21. The molecule has 0 fully saturated rings. The number of para-hydroxylation sites is 1. The molecule has 1 aromatic carbocycles. The molecule has 0 aliphatic heterocycles. The van der Waals surface area contributed by atoms with Crippen LogP contribution in [0.3, 0.4) is 0 Å². The molecule has 0 unspecified atom stereocenters. The van der Waals surface area contributed by atoms with Gasteiger partial charge in [-0.05, 0) is 30.9 Å². The summed E-state index contributed by atoms with van der Waals surface area (Å²) in [6.07, 6.45) is 2.35. The van der Waals surface area contributed by atoms with Crippen molar-refractivity contribution >= 4 is 17.4 Å². The predicted octanol–water partition coefficient (Wildman–Crippen LogP) is 4.44. The first-order chi connectivity index (χ1) is 10.6. The van der Waals surface area contributed by atoms with Crippen LogP contribution in [0.5, 0.6) is 5.75 Å². The van der Waals surface area contributed by atoms with Gasteiger partial charge in [0.1, 0.15) is 23.0 Å². The second-order valence-electron chi connectivity index (χ2n) is 5.46. The Morgan fingerprint density at radius 1 is 1.23 bits per heavy atom. The van der Waals surface area contributed by atoms with Gasteiger partial charge in [-0.2, -0.15) is 0 Å². The van der Waals surface area contributed by atoms with E-state index in [1.54, 1.807) is 0 Å². The number of benzene rings is 1. The van der Waals surface area contributed by atoms with E-state index in [1.807, 2.05) is 25.1 Å². The molecule has 0 radical (unpaired) electrons. The van der Waals surface area contributed by atoms with Crippen molar-refractivity contribution in [1.29, 1.82) is 0 Å². The fraction of sp³-hybridized carbons (Fsp3) is 0.412. The summed E-state index contributed by atoms with van der Waals surface area (Å²) in [6, 6.07) is 8.19. The van der Waals surface area contributed by atoms with Crippen LogP contribution in [0, 0.1) is 6.92 Å². The molecule has 4 nitrogen and oxygen atoms in total. The summed E-state index contributed by atoms with van der Waals surface area (Å²) >= 11 is 5.97. The zero-order chi connectivity index (χ0) is 15.9. The average molecular weight is 320 g/mol. The Bertz CT molecular complexity index is 617. The molecule has 0 bridgehead atoms. The van der Waals surface area contributed by atoms with Gasteiger partial charge in [0.15, 0.2) is 0 Å². The Kier molecular flexibility index (Phi) is 6.01. The summed E-state index contributed by atoms with van der Waals surface area (Å²) in [4.78, 5) is 8.12. The minimum absolute atomic E-state index is 0.458. The zero-order valence-electron chi connectivity index (χ0n) is 13.3. The Morgan fingerprint density at radius 2 is 2.00 bits per heavy atom. The summed E-state index contributed by atoms with van der Waals surface area (Å²) in [5, 5.41) is 3.75. The van der Waals surface area contributed by atoms with Crippen LogP contribution in [0.25, 0.3) is 0 Å². The number of hydrogen-bond donors (Lipinski definition) is 1. The smallest absolute Gasteiger partial charge is 0.137 e. The largest absolute Gasteiger partial charge is 0.493 e. The minimum atomic E-state index is 0.458. The van der Waals surface area contributed by atoms with Gasteiger partial charge in [-0.15, -0.1) is 0 Å². The van der Waals surface area contributed by atoms with Crippen LogP contribution in [-0.4, -0.2) is 23.1 Å². The first kappa shape index (κ1) is 16.6. The van der Waals surface area contributed by atoms with Crippen molar-refractivity contribution in [2.45, 2.75) is 33.1 Å². The Balaban J connectivity index is 1.79. The van der Waals surface area contributed by atoms with E-state index < -0.39 is 0 Å². The van der Waals surface area contributed by atoms with Gasteiger partial charge in [-0.1, -0.05) is 43.6 Å². The molecule has 1 heterocycles. The number of hydrogen-bond acceptors (Lipinski definition) is 4. The number of nitrogens with one attached hydrogen (secondary N) is 1. The molecule has 5 heteroatoms. The molecule has 0 saturated carbocycles. The fourth-order valence-electron chi connectivity index (χ4n) is 2.16. The third kappa shape index (κ3) is 4.34. The van der Waals surface area contributed by atoms with E-state index in [0.717, 1.165) is 30.1 Å². The minimum Gasteiger partial charge on any atom is -0.493 e. The highest BCUT2D eigenvalue weighted by molar-refractivity contribution is 6.30. The molecule has 0 spiro atoms. The number of ether oxygens (including phenoxy) is 1. The molecule has 2 aromatic rings. The van der Waals surface area contributed by atoms with Crippen molar-refractivity contribution in [2.75, 3.05) is 18.5 Å². The standard InChI is InChI=1S/C17H22ClN3O/c1-12(2)14-7-4-5-8-15(14)22-10-6-9-19-17-13(3)16(18)20-11-21-17/h4-5,7-8,11-12H,6,9-10H2,1-3H3,(H,19,20,21). The SMILES string of the molecule is Cc1c(Cl)ncnc1NCCCOc1ccccc1C(C)C. The molecule has 1 N–H and O–H groups in total. The second-order valence-corrected chi connectivity index (χ2v) is 5.82. The fourth-order valence-corrected chi connectivity index (χ4v) is 2.29. The summed E-state index contributed by atoms with van der Waals surface area (Å²) in [5.41, 5.74) is 2.11. The Morgan fingerprint density at radius 3 is 2.77 bits per heavy atom. The van der Waals surface area contributed by atoms with Gasteiger partial charge in [0, 0.05) is 12.1 Å². The van der Waals surface area contributed by atoms with Crippen LogP contribution in [0.2, 0.25) is 5.15 Å². The summed E-state index contributed by atoms with van der Waals surface area (Å²) in [7, 11) is 0. The van der Waals surface area contributed by atoms with Crippen molar-refractivity contribution < 1.29 is 4.74 Å². The third-order valence-electron chi connectivity index (χ3n) is 3.43. The maximum atomic E-state index is 5.97. The molecule has 118 valence electrons. The molecule has 0 amide bonds. The van der Waals surface area contributed by atoms with Gasteiger partial charge in [-0.25, -0.2) is 9.97 Å². The van der Waals surface area contributed by atoms with Crippen molar-refractivity contribution in [3.05, 3.63) is 46.9 Å². The average Bonchev–Trinajstić information content (AvgIpc) is 2.51. The van der Waals surface area contributed by atoms with Gasteiger partial charge in [0.05, 0.1) is 6.61 Å².